The molecule has 1 heterocycles. The molecule has 15 heavy (non-hydrogen) atoms. The Hall–Kier alpha value is -0.960. The van der Waals surface area contributed by atoms with Crippen LogP contribution in [0.4, 0.5) is 11.5 Å². The Labute approximate surface area is 95.2 Å². The molecular weight excluding hydrogens is 210 g/mol. The summed E-state index contributed by atoms with van der Waals surface area (Å²) in [4.78, 5) is 6.62. The maximum absolute atomic E-state index is 5.93. The van der Waals surface area contributed by atoms with Gasteiger partial charge in [-0.05, 0) is 25.3 Å². The molecule has 0 amide bonds. The molecule has 0 aromatic carbocycles. The lowest BCUT2D eigenvalue weighted by atomic mass is 10.3. The van der Waals surface area contributed by atoms with Crippen LogP contribution < -0.4 is 10.6 Å². The lowest BCUT2D eigenvalue weighted by Gasteiger charge is -2.24. The Morgan fingerprint density at radius 2 is 2.33 bits per heavy atom. The Morgan fingerprint density at radius 3 is 2.87 bits per heavy atom. The molecule has 1 aromatic heterocycles. The summed E-state index contributed by atoms with van der Waals surface area (Å²) >= 11 is 5.83. The Kier molecular flexibility index (Phi) is 3.00. The Morgan fingerprint density at radius 1 is 1.60 bits per heavy atom. The number of nitrogens with two attached hydrogens (primary N) is 1. The van der Waals surface area contributed by atoms with Crippen molar-refractivity contribution in [1.29, 1.82) is 0 Å². The van der Waals surface area contributed by atoms with Crippen molar-refractivity contribution < 1.29 is 0 Å². The van der Waals surface area contributed by atoms with Gasteiger partial charge in [0.25, 0.3) is 0 Å². The number of hydrogen-bond donors (Lipinski definition) is 1. The number of anilines is 2. The summed E-state index contributed by atoms with van der Waals surface area (Å²) in [6.07, 6.45) is 5.28. The molecule has 3 nitrogen and oxygen atoms in total. The van der Waals surface area contributed by atoms with Gasteiger partial charge in [-0.15, -0.1) is 0 Å². The lowest BCUT2D eigenvalue weighted by Crippen LogP contribution is -2.28. The van der Waals surface area contributed by atoms with Crippen molar-refractivity contribution in [3.8, 4) is 0 Å². The Bertz CT molecular complexity index is 350. The van der Waals surface area contributed by atoms with E-state index in [0.717, 1.165) is 18.8 Å². The number of nitrogen functional groups attached to an aromatic ring is 1. The maximum atomic E-state index is 5.93. The molecule has 1 saturated carbocycles. The highest BCUT2D eigenvalue weighted by Gasteiger charge is 2.30. The van der Waals surface area contributed by atoms with Crippen molar-refractivity contribution in [3.63, 3.8) is 0 Å². The van der Waals surface area contributed by atoms with Crippen LogP contribution in [-0.2, 0) is 0 Å². The number of nitrogens with zero attached hydrogens (tertiary/aromatic N) is 2. The third kappa shape index (κ3) is 2.34. The largest absolute Gasteiger partial charge is 0.396 e. The smallest absolute Gasteiger partial charge is 0.152 e. The van der Waals surface area contributed by atoms with Crippen LogP contribution in [0.2, 0.25) is 5.02 Å². The minimum Gasteiger partial charge on any atom is -0.396 e. The second kappa shape index (κ2) is 4.27. The van der Waals surface area contributed by atoms with E-state index in [1.165, 1.54) is 12.8 Å². The summed E-state index contributed by atoms with van der Waals surface area (Å²) in [6, 6.07) is 2.41. The van der Waals surface area contributed by atoms with E-state index in [4.69, 9.17) is 17.3 Å². The monoisotopic (exact) mass is 225 g/mol. The van der Waals surface area contributed by atoms with E-state index in [1.54, 1.807) is 12.3 Å². The fourth-order valence-corrected chi connectivity index (χ4v) is 1.94. The molecular formula is C11H16ClN3. The summed E-state index contributed by atoms with van der Waals surface area (Å²) in [5.41, 5.74) is 6.61. The summed E-state index contributed by atoms with van der Waals surface area (Å²) < 4.78 is 0. The molecule has 1 aromatic rings. The molecule has 2 N–H and O–H groups in total. The molecule has 1 aliphatic carbocycles. The predicted octanol–water partition coefficient (Wildman–Crippen LogP) is 2.70. The van der Waals surface area contributed by atoms with Crippen LogP contribution in [0.1, 0.15) is 26.2 Å². The van der Waals surface area contributed by atoms with Gasteiger partial charge in [0.05, 0.1) is 10.7 Å². The van der Waals surface area contributed by atoms with Gasteiger partial charge in [0, 0.05) is 18.8 Å². The van der Waals surface area contributed by atoms with E-state index in [-0.39, 0.29) is 0 Å². The van der Waals surface area contributed by atoms with Crippen LogP contribution in [0.25, 0.3) is 0 Å². The van der Waals surface area contributed by atoms with Crippen LogP contribution >= 0.6 is 11.6 Å². The van der Waals surface area contributed by atoms with E-state index in [1.807, 2.05) is 0 Å². The first-order chi connectivity index (χ1) is 7.22. The summed E-state index contributed by atoms with van der Waals surface area (Å²) in [6.45, 7) is 3.19. The van der Waals surface area contributed by atoms with E-state index in [9.17, 15) is 0 Å². The van der Waals surface area contributed by atoms with Crippen molar-refractivity contribution >= 4 is 23.1 Å². The molecule has 0 spiro atoms. The Balaban J connectivity index is 2.24. The minimum absolute atomic E-state index is 0.600. The average Bonchev–Trinajstić information content (AvgIpc) is 2.98. The zero-order valence-electron chi connectivity index (χ0n) is 8.91. The molecule has 0 unspecified atom stereocenters. The molecule has 0 aliphatic heterocycles. The predicted molar refractivity (Wildman–Crippen MR) is 64.3 cm³/mol. The summed E-state index contributed by atoms with van der Waals surface area (Å²) in [7, 11) is 0. The van der Waals surface area contributed by atoms with Gasteiger partial charge in [-0.1, -0.05) is 18.5 Å². The average molecular weight is 226 g/mol. The summed E-state index contributed by atoms with van der Waals surface area (Å²) in [5, 5.41) is 0.600. The third-order valence-corrected chi connectivity index (χ3v) is 2.79. The van der Waals surface area contributed by atoms with Crippen LogP contribution in [0.3, 0.4) is 0 Å². The fraction of sp³-hybridized carbons (Fsp3) is 0.545. The number of pyridine rings is 1. The first kappa shape index (κ1) is 10.6. The van der Waals surface area contributed by atoms with Crippen molar-refractivity contribution in [2.24, 2.45) is 0 Å². The quantitative estimate of drug-likeness (QED) is 0.857. The molecule has 1 fully saturated rings. The summed E-state index contributed by atoms with van der Waals surface area (Å²) in [5.74, 6) is 0.892. The lowest BCUT2D eigenvalue weighted by molar-refractivity contribution is 0.752. The van der Waals surface area contributed by atoms with E-state index in [2.05, 4.69) is 16.8 Å². The van der Waals surface area contributed by atoms with Crippen molar-refractivity contribution in [2.75, 3.05) is 17.2 Å². The topological polar surface area (TPSA) is 42.2 Å². The highest BCUT2D eigenvalue weighted by Crippen LogP contribution is 2.34. The van der Waals surface area contributed by atoms with Crippen LogP contribution in [0.15, 0.2) is 12.3 Å². The fourth-order valence-electron chi connectivity index (χ4n) is 1.78. The van der Waals surface area contributed by atoms with Crippen LogP contribution in [-0.4, -0.2) is 17.6 Å². The highest BCUT2D eigenvalue weighted by atomic mass is 35.5. The maximum Gasteiger partial charge on any atom is 0.152 e. The van der Waals surface area contributed by atoms with Crippen LogP contribution in [0, 0.1) is 0 Å². The standard InChI is InChI=1S/C11H16ClN3/c1-2-5-15(9-3-4-9)11-10(13)6-8(12)7-14-11/h6-7,9H,2-5,13H2,1H3. The van der Waals surface area contributed by atoms with Crippen molar-refractivity contribution in [3.05, 3.63) is 17.3 Å². The van der Waals surface area contributed by atoms with Gasteiger partial charge in [-0.3, -0.25) is 0 Å². The molecule has 0 saturated heterocycles. The molecule has 0 bridgehead atoms. The highest BCUT2D eigenvalue weighted by molar-refractivity contribution is 6.30. The van der Waals surface area contributed by atoms with Gasteiger partial charge in [0.2, 0.25) is 0 Å². The number of rotatable bonds is 4. The normalized spacial score (nSPS) is 15.3. The molecule has 1 aliphatic rings. The zero-order valence-corrected chi connectivity index (χ0v) is 9.67. The SMILES string of the molecule is CCCN(c1ncc(Cl)cc1N)C1CC1. The van der Waals surface area contributed by atoms with Crippen molar-refractivity contribution in [1.82, 2.24) is 4.98 Å². The van der Waals surface area contributed by atoms with E-state index >= 15 is 0 Å². The number of aromatic nitrogens is 1. The molecule has 0 atom stereocenters. The van der Waals surface area contributed by atoms with Gasteiger partial charge in [0.1, 0.15) is 0 Å². The molecule has 2 rings (SSSR count). The second-order valence-corrected chi connectivity index (χ2v) is 4.43. The second-order valence-electron chi connectivity index (χ2n) is 3.99. The van der Waals surface area contributed by atoms with E-state index < -0.39 is 0 Å². The third-order valence-electron chi connectivity index (χ3n) is 2.59. The van der Waals surface area contributed by atoms with Gasteiger partial charge < -0.3 is 10.6 Å². The molecule has 82 valence electrons. The first-order valence-corrected chi connectivity index (χ1v) is 5.78. The van der Waals surface area contributed by atoms with Gasteiger partial charge in [-0.25, -0.2) is 4.98 Å². The zero-order chi connectivity index (χ0) is 10.8. The van der Waals surface area contributed by atoms with Gasteiger partial charge in [0.15, 0.2) is 5.82 Å². The van der Waals surface area contributed by atoms with Crippen molar-refractivity contribution in [2.45, 2.75) is 32.2 Å². The molecule has 0 radical (unpaired) electrons. The van der Waals surface area contributed by atoms with Gasteiger partial charge in [-0.2, -0.15) is 0 Å². The van der Waals surface area contributed by atoms with E-state index in [0.29, 0.717) is 16.8 Å². The molecule has 4 heteroatoms. The van der Waals surface area contributed by atoms with Crippen LogP contribution in [0.5, 0.6) is 0 Å². The van der Waals surface area contributed by atoms with Gasteiger partial charge >= 0.3 is 0 Å². The number of halogens is 1. The first-order valence-electron chi connectivity index (χ1n) is 5.40. The number of hydrogen-bond acceptors (Lipinski definition) is 3. The minimum atomic E-state index is 0.600.